The first-order valence-electron chi connectivity index (χ1n) is 7.23. The topological polar surface area (TPSA) is 0 Å². The molecule has 3 aromatic carbocycles. The smallest absolute Gasteiger partial charge is 0.0103 e. The van der Waals surface area contributed by atoms with Gasteiger partial charge in [-0.05, 0) is 40.8 Å². The summed E-state index contributed by atoms with van der Waals surface area (Å²) >= 11 is 0. The summed E-state index contributed by atoms with van der Waals surface area (Å²) in [4.78, 5) is 0. The second-order valence-corrected chi connectivity index (χ2v) is 5.15. The molecule has 3 aromatic rings. The van der Waals surface area contributed by atoms with Gasteiger partial charge in [0.2, 0.25) is 0 Å². The first kappa shape index (κ1) is 13.4. The summed E-state index contributed by atoms with van der Waals surface area (Å²) < 4.78 is 0. The van der Waals surface area contributed by atoms with Crippen LogP contribution in [0.3, 0.4) is 0 Å². The summed E-state index contributed by atoms with van der Waals surface area (Å²) in [6.45, 7) is 2.16. The SMILES string of the molecule is Cc1ccccc1/C(=C/c1ccccc1)c1ccccc1. The van der Waals surface area contributed by atoms with Gasteiger partial charge >= 0.3 is 0 Å². The first-order valence-corrected chi connectivity index (χ1v) is 7.23. The van der Waals surface area contributed by atoms with Crippen LogP contribution in [0, 0.1) is 6.92 Å². The molecule has 0 spiro atoms. The van der Waals surface area contributed by atoms with E-state index in [2.05, 4.69) is 91.9 Å². The second kappa shape index (κ2) is 6.23. The normalized spacial score (nSPS) is 11.4. The molecule has 0 amide bonds. The third kappa shape index (κ3) is 3.11. The largest absolute Gasteiger partial charge is 0.0622 e. The molecule has 0 heterocycles. The minimum Gasteiger partial charge on any atom is -0.0622 e. The van der Waals surface area contributed by atoms with Crippen LogP contribution in [0.4, 0.5) is 0 Å². The fraction of sp³-hybridized carbons (Fsp3) is 0.0476. The van der Waals surface area contributed by atoms with Crippen LogP contribution in [-0.2, 0) is 0 Å². The van der Waals surface area contributed by atoms with Crippen LogP contribution in [0.2, 0.25) is 0 Å². The molecular formula is C21H18. The van der Waals surface area contributed by atoms with Crippen LogP contribution in [0.5, 0.6) is 0 Å². The average molecular weight is 270 g/mol. The van der Waals surface area contributed by atoms with Crippen molar-refractivity contribution >= 4 is 11.6 Å². The summed E-state index contributed by atoms with van der Waals surface area (Å²) in [5.41, 5.74) is 6.31. The molecule has 0 fully saturated rings. The van der Waals surface area contributed by atoms with Crippen LogP contribution >= 0.6 is 0 Å². The minimum atomic E-state index is 1.22. The molecule has 0 saturated carbocycles. The first-order chi connectivity index (χ1) is 10.3. The predicted molar refractivity (Wildman–Crippen MR) is 91.0 cm³/mol. The van der Waals surface area contributed by atoms with Crippen molar-refractivity contribution in [1.29, 1.82) is 0 Å². The molecule has 0 N–H and O–H groups in total. The molecule has 102 valence electrons. The Kier molecular flexibility index (Phi) is 3.97. The van der Waals surface area contributed by atoms with Crippen molar-refractivity contribution in [3.05, 3.63) is 107 Å². The third-order valence-electron chi connectivity index (χ3n) is 3.63. The lowest BCUT2D eigenvalue weighted by Crippen LogP contribution is -1.91. The Morgan fingerprint density at radius 1 is 0.667 bits per heavy atom. The zero-order valence-corrected chi connectivity index (χ0v) is 12.2. The zero-order valence-electron chi connectivity index (χ0n) is 12.2. The van der Waals surface area contributed by atoms with Crippen molar-refractivity contribution in [2.45, 2.75) is 6.92 Å². The summed E-state index contributed by atoms with van der Waals surface area (Å²) in [7, 11) is 0. The highest BCUT2D eigenvalue weighted by Gasteiger charge is 2.07. The van der Waals surface area contributed by atoms with E-state index >= 15 is 0 Å². The van der Waals surface area contributed by atoms with Crippen molar-refractivity contribution in [1.82, 2.24) is 0 Å². The fourth-order valence-electron chi connectivity index (χ4n) is 2.53. The van der Waals surface area contributed by atoms with E-state index in [0.29, 0.717) is 0 Å². The van der Waals surface area contributed by atoms with E-state index in [1.54, 1.807) is 0 Å². The van der Waals surface area contributed by atoms with Gasteiger partial charge in [-0.25, -0.2) is 0 Å². The van der Waals surface area contributed by atoms with Gasteiger partial charge in [0.1, 0.15) is 0 Å². The highest BCUT2D eigenvalue weighted by Crippen LogP contribution is 2.28. The maximum absolute atomic E-state index is 2.26. The van der Waals surface area contributed by atoms with Gasteiger partial charge in [0.15, 0.2) is 0 Å². The Hall–Kier alpha value is -2.60. The molecule has 0 radical (unpaired) electrons. The van der Waals surface area contributed by atoms with E-state index in [1.165, 1.54) is 27.8 Å². The van der Waals surface area contributed by atoms with E-state index in [-0.39, 0.29) is 0 Å². The molecule has 0 atom stereocenters. The lowest BCUT2D eigenvalue weighted by molar-refractivity contribution is 1.42. The van der Waals surface area contributed by atoms with Gasteiger partial charge in [-0.15, -0.1) is 0 Å². The zero-order chi connectivity index (χ0) is 14.5. The van der Waals surface area contributed by atoms with Crippen molar-refractivity contribution in [3.63, 3.8) is 0 Å². The van der Waals surface area contributed by atoms with E-state index in [0.717, 1.165) is 0 Å². The van der Waals surface area contributed by atoms with Gasteiger partial charge in [-0.2, -0.15) is 0 Å². The van der Waals surface area contributed by atoms with E-state index in [4.69, 9.17) is 0 Å². The number of aryl methyl sites for hydroxylation is 1. The molecule has 0 aliphatic carbocycles. The Morgan fingerprint density at radius 2 is 1.24 bits per heavy atom. The lowest BCUT2D eigenvalue weighted by atomic mass is 9.93. The Bertz CT molecular complexity index is 737. The molecule has 3 rings (SSSR count). The number of benzene rings is 3. The monoisotopic (exact) mass is 270 g/mol. The molecule has 0 aliphatic rings. The van der Waals surface area contributed by atoms with Gasteiger partial charge in [-0.1, -0.05) is 84.9 Å². The van der Waals surface area contributed by atoms with Gasteiger partial charge < -0.3 is 0 Å². The Balaban J connectivity index is 2.17. The molecule has 0 bridgehead atoms. The van der Waals surface area contributed by atoms with Gasteiger partial charge in [-0.3, -0.25) is 0 Å². The van der Waals surface area contributed by atoms with Crippen molar-refractivity contribution < 1.29 is 0 Å². The lowest BCUT2D eigenvalue weighted by Gasteiger charge is -2.12. The Labute approximate surface area is 126 Å². The molecule has 0 unspecified atom stereocenters. The highest BCUT2D eigenvalue weighted by atomic mass is 14.1. The maximum atomic E-state index is 2.26. The summed E-state index contributed by atoms with van der Waals surface area (Å²) in [5, 5.41) is 0. The van der Waals surface area contributed by atoms with Crippen LogP contribution in [0.15, 0.2) is 84.9 Å². The van der Waals surface area contributed by atoms with Crippen LogP contribution < -0.4 is 0 Å². The second-order valence-electron chi connectivity index (χ2n) is 5.15. The predicted octanol–water partition coefficient (Wildman–Crippen LogP) is 5.58. The Morgan fingerprint density at radius 3 is 1.90 bits per heavy atom. The minimum absolute atomic E-state index is 1.22. The number of hydrogen-bond acceptors (Lipinski definition) is 0. The molecule has 0 aliphatic heterocycles. The van der Waals surface area contributed by atoms with Crippen LogP contribution in [0.1, 0.15) is 22.3 Å². The fourth-order valence-corrected chi connectivity index (χ4v) is 2.53. The maximum Gasteiger partial charge on any atom is -0.0103 e. The van der Waals surface area contributed by atoms with Gasteiger partial charge in [0.25, 0.3) is 0 Å². The van der Waals surface area contributed by atoms with Crippen molar-refractivity contribution in [2.75, 3.05) is 0 Å². The van der Waals surface area contributed by atoms with Crippen molar-refractivity contribution in [3.8, 4) is 0 Å². The molecule has 0 nitrogen and oxygen atoms in total. The molecule has 0 saturated heterocycles. The average Bonchev–Trinajstić information content (AvgIpc) is 2.55. The van der Waals surface area contributed by atoms with Crippen LogP contribution in [0.25, 0.3) is 11.6 Å². The quantitative estimate of drug-likeness (QED) is 0.545. The highest BCUT2D eigenvalue weighted by molar-refractivity contribution is 5.92. The summed E-state index contributed by atoms with van der Waals surface area (Å²) in [6, 6.07) is 29.6. The van der Waals surface area contributed by atoms with E-state index in [9.17, 15) is 0 Å². The molecular weight excluding hydrogens is 252 g/mol. The molecule has 0 aromatic heterocycles. The third-order valence-corrected chi connectivity index (χ3v) is 3.63. The molecule has 0 heteroatoms. The summed E-state index contributed by atoms with van der Waals surface area (Å²) in [5.74, 6) is 0. The molecule has 21 heavy (non-hydrogen) atoms. The number of rotatable bonds is 3. The number of hydrogen-bond donors (Lipinski definition) is 0. The van der Waals surface area contributed by atoms with Crippen LogP contribution in [-0.4, -0.2) is 0 Å². The van der Waals surface area contributed by atoms with E-state index < -0.39 is 0 Å². The standard InChI is InChI=1S/C21H18/c1-17-10-8-9-15-20(17)21(19-13-6-3-7-14-19)16-18-11-4-2-5-12-18/h2-16H,1H3/b21-16+. The van der Waals surface area contributed by atoms with E-state index in [1.807, 2.05) is 6.07 Å². The van der Waals surface area contributed by atoms with Gasteiger partial charge in [0.05, 0.1) is 0 Å². The summed E-state index contributed by atoms with van der Waals surface area (Å²) in [6.07, 6.45) is 2.26. The van der Waals surface area contributed by atoms with Gasteiger partial charge in [0, 0.05) is 0 Å². The van der Waals surface area contributed by atoms with Crippen molar-refractivity contribution in [2.24, 2.45) is 0 Å².